The van der Waals surface area contributed by atoms with Gasteiger partial charge in [0.1, 0.15) is 11.6 Å². The van der Waals surface area contributed by atoms with Crippen LogP contribution in [0.15, 0.2) is 18.2 Å². The van der Waals surface area contributed by atoms with E-state index >= 15 is 0 Å². The Morgan fingerprint density at radius 3 is 2.60 bits per heavy atom. The molecule has 1 fully saturated rings. The van der Waals surface area contributed by atoms with Gasteiger partial charge in [-0.05, 0) is 30.9 Å². The van der Waals surface area contributed by atoms with Crippen LogP contribution in [0, 0.1) is 17.7 Å². The van der Waals surface area contributed by atoms with Crippen molar-refractivity contribution in [2.45, 2.75) is 19.5 Å². The predicted molar refractivity (Wildman–Crippen MR) is 80.0 cm³/mol. The lowest BCUT2D eigenvalue weighted by Crippen LogP contribution is -2.39. The highest BCUT2D eigenvalue weighted by atomic mass is 19.3. The number of amides is 1. The summed E-state index contributed by atoms with van der Waals surface area (Å²) in [5, 5.41) is 11.8. The van der Waals surface area contributed by atoms with Crippen LogP contribution in [0.4, 0.5) is 13.2 Å². The molecule has 2 N–H and O–H groups in total. The lowest BCUT2D eigenvalue weighted by molar-refractivity contribution is -0.144. The molecule has 2 rings (SSSR count). The topological polar surface area (TPSA) is 84.9 Å². The van der Waals surface area contributed by atoms with Crippen LogP contribution in [0.3, 0.4) is 0 Å². The fourth-order valence-electron chi connectivity index (χ4n) is 2.75. The summed E-state index contributed by atoms with van der Waals surface area (Å²) in [6, 6.07) is 2.61. The lowest BCUT2D eigenvalue weighted by Gasteiger charge is -2.27. The lowest BCUT2D eigenvalue weighted by atomic mass is 9.86. The van der Waals surface area contributed by atoms with Gasteiger partial charge >= 0.3 is 12.6 Å². The van der Waals surface area contributed by atoms with E-state index in [0.717, 1.165) is 12.1 Å². The summed E-state index contributed by atoms with van der Waals surface area (Å²) in [6.07, 6.45) is 1.12. The monoisotopic (exact) mass is 361 g/mol. The number of alkyl halides is 2. The number of ether oxygens (including phenoxy) is 2. The number of carbonyl (C=O) groups excluding carboxylic acids is 1. The summed E-state index contributed by atoms with van der Waals surface area (Å²) in [6.45, 7) is -2.49. The van der Waals surface area contributed by atoms with Crippen LogP contribution in [0.25, 0.3) is 0 Å². The molecule has 1 aromatic rings. The normalized spacial score (nSPS) is 16.5. The quantitative estimate of drug-likeness (QED) is 0.778. The standard InChI is InChI=1S/C16H18F3NO5/c17-10-1-2-11(13(7-10)25-16(18)19)14(21)20-8-12(15(22)23)9-3-5-24-6-4-9/h1-2,7,9,12,16H,3-6,8H2,(H,20,21)(H,22,23). The van der Waals surface area contributed by atoms with E-state index in [1.54, 1.807) is 0 Å². The van der Waals surface area contributed by atoms with Crippen molar-refractivity contribution in [1.29, 1.82) is 0 Å². The van der Waals surface area contributed by atoms with Crippen LogP contribution >= 0.6 is 0 Å². The fraction of sp³-hybridized carbons (Fsp3) is 0.500. The maximum atomic E-state index is 13.2. The number of hydrogen-bond acceptors (Lipinski definition) is 4. The van der Waals surface area contributed by atoms with Crippen LogP contribution in [0.1, 0.15) is 23.2 Å². The van der Waals surface area contributed by atoms with Gasteiger partial charge in [-0.1, -0.05) is 0 Å². The molecule has 138 valence electrons. The first kappa shape index (κ1) is 19.0. The molecule has 1 atom stereocenters. The van der Waals surface area contributed by atoms with Crippen LogP contribution in [-0.2, 0) is 9.53 Å². The van der Waals surface area contributed by atoms with E-state index in [9.17, 15) is 27.9 Å². The van der Waals surface area contributed by atoms with Gasteiger partial charge in [-0.15, -0.1) is 0 Å². The molecule has 6 nitrogen and oxygen atoms in total. The molecule has 0 aromatic heterocycles. The van der Waals surface area contributed by atoms with Gasteiger partial charge in [0, 0.05) is 25.8 Å². The van der Waals surface area contributed by atoms with Gasteiger partial charge in [-0.25, -0.2) is 4.39 Å². The minimum atomic E-state index is -3.22. The highest BCUT2D eigenvalue weighted by Crippen LogP contribution is 2.25. The molecular formula is C16H18F3NO5. The summed E-state index contributed by atoms with van der Waals surface area (Å²) >= 11 is 0. The molecule has 25 heavy (non-hydrogen) atoms. The van der Waals surface area contributed by atoms with Gasteiger partial charge in [0.2, 0.25) is 0 Å². The highest BCUT2D eigenvalue weighted by molar-refractivity contribution is 5.97. The number of carboxylic acids is 1. The molecule has 9 heteroatoms. The van der Waals surface area contributed by atoms with E-state index in [2.05, 4.69) is 10.1 Å². The molecule has 1 unspecified atom stereocenters. The van der Waals surface area contributed by atoms with Crippen LogP contribution in [0.5, 0.6) is 5.75 Å². The van der Waals surface area contributed by atoms with Crippen LogP contribution < -0.4 is 10.1 Å². The van der Waals surface area contributed by atoms with E-state index < -0.39 is 36.0 Å². The Morgan fingerprint density at radius 1 is 1.32 bits per heavy atom. The van der Waals surface area contributed by atoms with Gasteiger partial charge in [-0.3, -0.25) is 9.59 Å². The molecule has 1 amide bonds. The van der Waals surface area contributed by atoms with E-state index in [1.165, 1.54) is 0 Å². The minimum Gasteiger partial charge on any atom is -0.481 e. The van der Waals surface area contributed by atoms with Gasteiger partial charge in [-0.2, -0.15) is 8.78 Å². The summed E-state index contributed by atoms with van der Waals surface area (Å²) < 4.78 is 47.3. The van der Waals surface area contributed by atoms with Crippen molar-refractivity contribution in [2.75, 3.05) is 19.8 Å². The summed E-state index contributed by atoms with van der Waals surface area (Å²) in [7, 11) is 0. The average molecular weight is 361 g/mol. The Hall–Kier alpha value is -2.29. The van der Waals surface area contributed by atoms with Crippen molar-refractivity contribution in [1.82, 2.24) is 5.32 Å². The van der Waals surface area contributed by atoms with E-state index in [1.807, 2.05) is 0 Å². The van der Waals surface area contributed by atoms with Gasteiger partial charge < -0.3 is 19.9 Å². The van der Waals surface area contributed by atoms with Crippen LogP contribution in [-0.4, -0.2) is 43.4 Å². The third kappa shape index (κ3) is 5.35. The molecule has 0 aliphatic carbocycles. The maximum Gasteiger partial charge on any atom is 0.387 e. The summed E-state index contributed by atoms with van der Waals surface area (Å²) in [5.41, 5.74) is -0.294. The van der Waals surface area contributed by atoms with Gasteiger partial charge in [0.15, 0.2) is 0 Å². The number of nitrogens with one attached hydrogen (secondary N) is 1. The van der Waals surface area contributed by atoms with E-state index in [0.29, 0.717) is 32.1 Å². The Labute approximate surface area is 141 Å². The second-order valence-corrected chi connectivity index (χ2v) is 5.62. The predicted octanol–water partition coefficient (Wildman–Crippen LogP) is 2.28. The third-order valence-electron chi connectivity index (χ3n) is 4.04. The van der Waals surface area contributed by atoms with E-state index in [-0.39, 0.29) is 18.0 Å². The number of benzene rings is 1. The Kier molecular flexibility index (Phi) is 6.63. The molecule has 1 saturated heterocycles. The molecule has 0 saturated carbocycles. The number of carbonyl (C=O) groups is 2. The number of halogens is 3. The number of rotatable bonds is 7. The van der Waals surface area contributed by atoms with Gasteiger partial charge in [0.05, 0.1) is 11.5 Å². The number of aliphatic carboxylic acids is 1. The number of carboxylic acid groups (broad SMARTS) is 1. The molecule has 1 aliphatic rings. The Morgan fingerprint density at radius 2 is 2.00 bits per heavy atom. The zero-order valence-corrected chi connectivity index (χ0v) is 13.2. The zero-order chi connectivity index (χ0) is 18.4. The van der Waals surface area contributed by atoms with Crippen molar-refractivity contribution in [3.05, 3.63) is 29.6 Å². The third-order valence-corrected chi connectivity index (χ3v) is 4.04. The first-order chi connectivity index (χ1) is 11.9. The van der Waals surface area contributed by atoms with Crippen molar-refractivity contribution in [3.8, 4) is 5.75 Å². The molecule has 1 aliphatic heterocycles. The molecule has 0 radical (unpaired) electrons. The van der Waals surface area contributed by atoms with Crippen LogP contribution in [0.2, 0.25) is 0 Å². The Bertz CT molecular complexity index is 620. The molecule has 1 aromatic carbocycles. The van der Waals surface area contributed by atoms with Crippen molar-refractivity contribution < 1.29 is 37.3 Å². The second kappa shape index (κ2) is 8.70. The zero-order valence-electron chi connectivity index (χ0n) is 13.2. The smallest absolute Gasteiger partial charge is 0.387 e. The van der Waals surface area contributed by atoms with Crippen molar-refractivity contribution in [3.63, 3.8) is 0 Å². The summed E-state index contributed by atoms with van der Waals surface area (Å²) in [4.78, 5) is 23.6. The maximum absolute atomic E-state index is 13.2. The molecule has 0 spiro atoms. The SMILES string of the molecule is O=C(NCC(C(=O)O)C1CCOCC1)c1ccc(F)cc1OC(F)F. The first-order valence-corrected chi connectivity index (χ1v) is 7.71. The largest absolute Gasteiger partial charge is 0.481 e. The van der Waals surface area contributed by atoms with Crippen molar-refractivity contribution in [2.24, 2.45) is 11.8 Å². The number of hydrogen-bond donors (Lipinski definition) is 2. The molecule has 1 heterocycles. The van der Waals surface area contributed by atoms with Gasteiger partial charge in [0.25, 0.3) is 5.91 Å². The second-order valence-electron chi connectivity index (χ2n) is 5.62. The highest BCUT2D eigenvalue weighted by Gasteiger charge is 2.30. The fourth-order valence-corrected chi connectivity index (χ4v) is 2.75. The molecular weight excluding hydrogens is 343 g/mol. The average Bonchev–Trinajstić information content (AvgIpc) is 2.55. The van der Waals surface area contributed by atoms with Crippen molar-refractivity contribution >= 4 is 11.9 Å². The Balaban J connectivity index is 2.06. The molecule has 0 bridgehead atoms. The van der Waals surface area contributed by atoms with E-state index in [4.69, 9.17) is 4.74 Å². The first-order valence-electron chi connectivity index (χ1n) is 7.71. The minimum absolute atomic E-state index is 0.156. The summed E-state index contributed by atoms with van der Waals surface area (Å²) in [5.74, 6) is -4.29.